The molecule has 0 atom stereocenters. The van der Waals surface area contributed by atoms with Gasteiger partial charge in [0.25, 0.3) is 0 Å². The Bertz CT molecular complexity index is 657. The Balaban J connectivity index is 1.68. The number of rotatable bonds is 5. The SMILES string of the molecule is Cc1ccc(C(=O)O)cc1NCc1ccc(C2CC2)cc1. The zero-order chi connectivity index (χ0) is 14.8. The largest absolute Gasteiger partial charge is 0.478 e. The molecule has 0 unspecified atom stereocenters. The van der Waals surface area contributed by atoms with Gasteiger partial charge >= 0.3 is 5.97 Å². The van der Waals surface area contributed by atoms with Crippen LogP contribution < -0.4 is 5.32 Å². The molecule has 21 heavy (non-hydrogen) atoms. The van der Waals surface area contributed by atoms with Crippen molar-refractivity contribution in [2.75, 3.05) is 5.32 Å². The second kappa shape index (κ2) is 5.60. The summed E-state index contributed by atoms with van der Waals surface area (Å²) in [4.78, 5) is 11.0. The molecule has 3 rings (SSSR count). The molecule has 0 amide bonds. The third-order valence-corrected chi connectivity index (χ3v) is 4.00. The van der Waals surface area contributed by atoms with Gasteiger partial charge in [0, 0.05) is 12.2 Å². The zero-order valence-electron chi connectivity index (χ0n) is 12.1. The number of benzene rings is 2. The van der Waals surface area contributed by atoms with Crippen molar-refractivity contribution in [1.29, 1.82) is 0 Å². The van der Waals surface area contributed by atoms with Crippen molar-refractivity contribution in [3.05, 3.63) is 64.7 Å². The minimum atomic E-state index is -0.896. The van der Waals surface area contributed by atoms with Gasteiger partial charge in [-0.1, -0.05) is 30.3 Å². The Morgan fingerprint density at radius 2 is 1.90 bits per heavy atom. The molecule has 3 heteroatoms. The topological polar surface area (TPSA) is 49.3 Å². The number of hydrogen-bond acceptors (Lipinski definition) is 2. The first kappa shape index (κ1) is 13.7. The fourth-order valence-electron chi connectivity index (χ4n) is 2.47. The Morgan fingerprint density at radius 1 is 1.19 bits per heavy atom. The molecule has 0 spiro atoms. The van der Waals surface area contributed by atoms with Crippen LogP contribution in [0, 0.1) is 6.92 Å². The second-order valence-corrected chi connectivity index (χ2v) is 5.70. The van der Waals surface area contributed by atoms with Crippen LogP contribution in [0.3, 0.4) is 0 Å². The zero-order valence-corrected chi connectivity index (χ0v) is 12.1. The lowest BCUT2D eigenvalue weighted by Crippen LogP contribution is -2.04. The molecular formula is C18H19NO2. The highest BCUT2D eigenvalue weighted by molar-refractivity contribution is 5.89. The van der Waals surface area contributed by atoms with Gasteiger partial charge in [0.15, 0.2) is 0 Å². The lowest BCUT2D eigenvalue weighted by Gasteiger charge is -2.11. The maximum absolute atomic E-state index is 11.0. The second-order valence-electron chi connectivity index (χ2n) is 5.70. The molecule has 2 aromatic rings. The number of carboxylic acids is 1. The van der Waals surface area contributed by atoms with E-state index in [1.807, 2.05) is 13.0 Å². The summed E-state index contributed by atoms with van der Waals surface area (Å²) in [6, 6.07) is 13.9. The molecule has 1 saturated carbocycles. The first-order valence-corrected chi connectivity index (χ1v) is 7.30. The van der Waals surface area contributed by atoms with Gasteiger partial charge in [-0.05, 0) is 54.5 Å². The average molecular weight is 281 g/mol. The number of anilines is 1. The lowest BCUT2D eigenvalue weighted by molar-refractivity contribution is 0.0697. The molecular weight excluding hydrogens is 262 g/mol. The number of aryl methyl sites for hydroxylation is 1. The third kappa shape index (κ3) is 3.24. The average Bonchev–Trinajstić information content (AvgIpc) is 3.31. The normalized spacial score (nSPS) is 14.0. The van der Waals surface area contributed by atoms with E-state index in [2.05, 4.69) is 29.6 Å². The molecule has 0 bridgehead atoms. The van der Waals surface area contributed by atoms with Crippen molar-refractivity contribution in [3.63, 3.8) is 0 Å². The summed E-state index contributed by atoms with van der Waals surface area (Å²) in [6.45, 7) is 2.68. The van der Waals surface area contributed by atoms with E-state index in [9.17, 15) is 4.79 Å². The summed E-state index contributed by atoms with van der Waals surface area (Å²) in [5.74, 6) is -0.117. The highest BCUT2D eigenvalue weighted by Gasteiger charge is 2.22. The fraction of sp³-hybridized carbons (Fsp3) is 0.278. The number of carbonyl (C=O) groups is 1. The van der Waals surface area contributed by atoms with Gasteiger partial charge < -0.3 is 10.4 Å². The van der Waals surface area contributed by atoms with Gasteiger partial charge in [-0.3, -0.25) is 0 Å². The Morgan fingerprint density at radius 3 is 2.52 bits per heavy atom. The molecule has 2 N–H and O–H groups in total. The molecule has 0 saturated heterocycles. The van der Waals surface area contributed by atoms with E-state index in [0.29, 0.717) is 12.1 Å². The Hall–Kier alpha value is -2.29. The van der Waals surface area contributed by atoms with E-state index in [-0.39, 0.29) is 0 Å². The van der Waals surface area contributed by atoms with Crippen molar-refractivity contribution >= 4 is 11.7 Å². The molecule has 1 aliphatic rings. The molecule has 2 aromatic carbocycles. The van der Waals surface area contributed by atoms with Crippen molar-refractivity contribution < 1.29 is 9.90 Å². The monoisotopic (exact) mass is 281 g/mol. The minimum absolute atomic E-state index is 0.312. The summed E-state index contributed by atoms with van der Waals surface area (Å²) in [5.41, 5.74) is 4.88. The van der Waals surface area contributed by atoms with E-state index in [0.717, 1.165) is 17.2 Å². The minimum Gasteiger partial charge on any atom is -0.478 e. The highest BCUT2D eigenvalue weighted by Crippen LogP contribution is 2.39. The van der Waals surface area contributed by atoms with Crippen LogP contribution in [0.5, 0.6) is 0 Å². The molecule has 3 nitrogen and oxygen atoms in total. The van der Waals surface area contributed by atoms with Crippen LogP contribution >= 0.6 is 0 Å². The summed E-state index contributed by atoms with van der Waals surface area (Å²) < 4.78 is 0. The van der Waals surface area contributed by atoms with Gasteiger partial charge in [0.2, 0.25) is 0 Å². The van der Waals surface area contributed by atoms with E-state index in [1.54, 1.807) is 12.1 Å². The van der Waals surface area contributed by atoms with Crippen LogP contribution in [0.2, 0.25) is 0 Å². The number of hydrogen-bond donors (Lipinski definition) is 2. The van der Waals surface area contributed by atoms with Crippen LogP contribution in [0.4, 0.5) is 5.69 Å². The van der Waals surface area contributed by atoms with Crippen LogP contribution in [0.25, 0.3) is 0 Å². The van der Waals surface area contributed by atoms with E-state index < -0.39 is 5.97 Å². The standard InChI is InChI=1S/C18H19NO2/c1-12-2-5-16(18(20)21)10-17(12)19-11-13-3-6-14(7-4-13)15-8-9-15/h2-7,10,15,19H,8-9,11H2,1H3,(H,20,21). The molecule has 0 heterocycles. The van der Waals surface area contributed by atoms with Gasteiger partial charge in [-0.2, -0.15) is 0 Å². The first-order valence-electron chi connectivity index (χ1n) is 7.30. The number of nitrogens with one attached hydrogen (secondary N) is 1. The van der Waals surface area contributed by atoms with Crippen LogP contribution in [0.15, 0.2) is 42.5 Å². The predicted molar refractivity (Wildman–Crippen MR) is 83.9 cm³/mol. The molecule has 108 valence electrons. The summed E-state index contributed by atoms with van der Waals surface area (Å²) in [5, 5.41) is 12.4. The number of aromatic carboxylic acids is 1. The molecule has 0 aliphatic heterocycles. The lowest BCUT2D eigenvalue weighted by atomic mass is 10.1. The molecule has 1 aliphatic carbocycles. The van der Waals surface area contributed by atoms with Gasteiger partial charge in [-0.25, -0.2) is 4.79 Å². The Labute approximate surface area is 124 Å². The van der Waals surface area contributed by atoms with Gasteiger partial charge in [0.1, 0.15) is 0 Å². The van der Waals surface area contributed by atoms with Crippen molar-refractivity contribution in [2.45, 2.75) is 32.2 Å². The van der Waals surface area contributed by atoms with Gasteiger partial charge in [0.05, 0.1) is 5.56 Å². The predicted octanol–water partition coefficient (Wildman–Crippen LogP) is 4.18. The van der Waals surface area contributed by atoms with Crippen molar-refractivity contribution in [1.82, 2.24) is 0 Å². The smallest absolute Gasteiger partial charge is 0.335 e. The van der Waals surface area contributed by atoms with Crippen LogP contribution in [-0.2, 0) is 6.54 Å². The molecule has 0 radical (unpaired) electrons. The molecule has 1 fully saturated rings. The fourth-order valence-corrected chi connectivity index (χ4v) is 2.47. The maximum Gasteiger partial charge on any atom is 0.335 e. The first-order chi connectivity index (χ1) is 10.1. The Kier molecular flexibility index (Phi) is 3.65. The van der Waals surface area contributed by atoms with Crippen molar-refractivity contribution in [2.24, 2.45) is 0 Å². The quantitative estimate of drug-likeness (QED) is 0.864. The van der Waals surface area contributed by atoms with E-state index >= 15 is 0 Å². The highest BCUT2D eigenvalue weighted by atomic mass is 16.4. The number of carboxylic acid groups (broad SMARTS) is 1. The van der Waals surface area contributed by atoms with Crippen molar-refractivity contribution in [3.8, 4) is 0 Å². The van der Waals surface area contributed by atoms with E-state index in [4.69, 9.17) is 5.11 Å². The van der Waals surface area contributed by atoms with Crippen LogP contribution in [0.1, 0.15) is 45.8 Å². The van der Waals surface area contributed by atoms with Gasteiger partial charge in [-0.15, -0.1) is 0 Å². The van der Waals surface area contributed by atoms with E-state index in [1.165, 1.54) is 24.0 Å². The summed E-state index contributed by atoms with van der Waals surface area (Å²) in [6.07, 6.45) is 2.64. The van der Waals surface area contributed by atoms with Crippen LogP contribution in [-0.4, -0.2) is 11.1 Å². The summed E-state index contributed by atoms with van der Waals surface area (Å²) >= 11 is 0. The third-order valence-electron chi connectivity index (χ3n) is 4.00. The maximum atomic E-state index is 11.0. The summed E-state index contributed by atoms with van der Waals surface area (Å²) in [7, 11) is 0. The molecule has 0 aromatic heterocycles.